The van der Waals surface area contributed by atoms with E-state index in [1.165, 1.54) is 38.5 Å². The molecule has 0 bridgehead atoms. The Morgan fingerprint density at radius 2 is 2.05 bits per heavy atom. The van der Waals surface area contributed by atoms with E-state index in [-0.39, 0.29) is 0 Å². The molecule has 2 aromatic heterocycles. The lowest BCUT2D eigenvalue weighted by Gasteiger charge is -2.15. The third-order valence-corrected chi connectivity index (χ3v) is 4.65. The molecule has 0 radical (unpaired) electrons. The van der Waals surface area contributed by atoms with Crippen molar-refractivity contribution in [3.63, 3.8) is 0 Å². The van der Waals surface area contributed by atoms with Gasteiger partial charge in [0.15, 0.2) is 5.65 Å². The average Bonchev–Trinajstić information content (AvgIpc) is 2.95. The highest BCUT2D eigenvalue weighted by Gasteiger charge is 2.24. The smallest absolute Gasteiger partial charge is 0.176 e. The van der Waals surface area contributed by atoms with Crippen LogP contribution < -0.4 is 5.32 Å². The van der Waals surface area contributed by atoms with Crippen molar-refractivity contribution in [2.45, 2.75) is 51.0 Å². The fraction of sp³-hybridized carbons (Fsp3) is 0.600. The van der Waals surface area contributed by atoms with Crippen LogP contribution in [0, 0.1) is 5.92 Å². The summed E-state index contributed by atoms with van der Waals surface area (Å²) in [5.41, 5.74) is 1.92. The van der Waals surface area contributed by atoms with E-state index in [0.717, 1.165) is 29.5 Å². The van der Waals surface area contributed by atoms with Crippen molar-refractivity contribution >= 4 is 23.1 Å². The Bertz CT molecular complexity index is 626. The van der Waals surface area contributed by atoms with Gasteiger partial charge in [-0.1, -0.05) is 24.4 Å². The van der Waals surface area contributed by atoms with Crippen molar-refractivity contribution in [2.75, 3.05) is 5.32 Å². The van der Waals surface area contributed by atoms with Gasteiger partial charge in [0.2, 0.25) is 0 Å². The molecule has 0 atom stereocenters. The van der Waals surface area contributed by atoms with Crippen molar-refractivity contribution < 1.29 is 0 Å². The second-order valence-electron chi connectivity index (χ2n) is 6.13. The summed E-state index contributed by atoms with van der Waals surface area (Å²) < 4.78 is 1.84. The maximum absolute atomic E-state index is 6.21. The highest BCUT2D eigenvalue weighted by atomic mass is 35.5. The van der Waals surface area contributed by atoms with Gasteiger partial charge in [-0.15, -0.1) is 0 Å². The predicted molar refractivity (Wildman–Crippen MR) is 80.3 cm³/mol. The number of aromatic nitrogens is 3. The zero-order chi connectivity index (χ0) is 13.5. The molecule has 2 saturated carbocycles. The molecular weight excluding hydrogens is 272 g/mol. The first kappa shape index (κ1) is 12.5. The van der Waals surface area contributed by atoms with E-state index in [0.29, 0.717) is 11.1 Å². The van der Waals surface area contributed by atoms with Gasteiger partial charge in [-0.2, -0.15) is 9.61 Å². The zero-order valence-electron chi connectivity index (χ0n) is 11.5. The largest absolute Gasteiger partial charge is 0.367 e. The molecule has 5 heteroatoms. The topological polar surface area (TPSA) is 42.2 Å². The first-order chi connectivity index (χ1) is 9.79. The van der Waals surface area contributed by atoms with Crippen molar-refractivity contribution in [3.05, 3.63) is 23.0 Å². The molecule has 4 rings (SSSR count). The number of nitrogens with one attached hydrogen (secondary N) is 1. The van der Waals surface area contributed by atoms with Crippen LogP contribution in [0.2, 0.25) is 5.02 Å². The molecule has 0 saturated heterocycles. The fourth-order valence-electron chi connectivity index (χ4n) is 3.09. The van der Waals surface area contributed by atoms with Crippen LogP contribution in [0.5, 0.6) is 0 Å². The van der Waals surface area contributed by atoms with Gasteiger partial charge >= 0.3 is 0 Å². The molecular formula is C15H19ClN4. The molecule has 0 amide bonds. The van der Waals surface area contributed by atoms with Gasteiger partial charge in [-0.05, 0) is 38.0 Å². The van der Waals surface area contributed by atoms with E-state index in [4.69, 9.17) is 11.6 Å². The average molecular weight is 291 g/mol. The van der Waals surface area contributed by atoms with E-state index in [2.05, 4.69) is 21.5 Å². The molecule has 20 heavy (non-hydrogen) atoms. The Hall–Kier alpha value is -1.29. The normalized spacial score (nSPS) is 19.9. The third-order valence-electron chi connectivity index (χ3n) is 4.38. The second kappa shape index (κ2) is 4.92. The molecule has 0 aromatic carbocycles. The number of hydrogen-bond donors (Lipinski definition) is 1. The van der Waals surface area contributed by atoms with Gasteiger partial charge in [-0.3, -0.25) is 0 Å². The van der Waals surface area contributed by atoms with Crippen LogP contribution in [0.4, 0.5) is 5.82 Å². The Kier molecular flexibility index (Phi) is 3.06. The molecule has 0 unspecified atom stereocenters. The van der Waals surface area contributed by atoms with Gasteiger partial charge in [0.25, 0.3) is 0 Å². The molecule has 2 aliphatic rings. The summed E-state index contributed by atoms with van der Waals surface area (Å²) in [6.07, 6.45) is 10.6. The maximum atomic E-state index is 6.21. The number of nitrogens with zero attached hydrogens (tertiary/aromatic N) is 3. The summed E-state index contributed by atoms with van der Waals surface area (Å²) in [6.45, 7) is 0. The van der Waals surface area contributed by atoms with Gasteiger partial charge in [0.05, 0.1) is 6.20 Å². The van der Waals surface area contributed by atoms with Crippen molar-refractivity contribution in [2.24, 2.45) is 5.92 Å². The van der Waals surface area contributed by atoms with Crippen molar-refractivity contribution in [1.29, 1.82) is 0 Å². The minimum atomic E-state index is 0.567. The Labute approximate surface area is 123 Å². The Balaban J connectivity index is 1.71. The summed E-state index contributed by atoms with van der Waals surface area (Å²) in [4.78, 5) is 4.68. The minimum Gasteiger partial charge on any atom is -0.367 e. The van der Waals surface area contributed by atoms with E-state index < -0.39 is 0 Å². The van der Waals surface area contributed by atoms with Crippen LogP contribution in [-0.4, -0.2) is 20.6 Å². The van der Waals surface area contributed by atoms with E-state index in [9.17, 15) is 0 Å². The summed E-state index contributed by atoms with van der Waals surface area (Å²) in [6, 6.07) is 2.73. The summed E-state index contributed by atoms with van der Waals surface area (Å²) in [7, 11) is 0. The van der Waals surface area contributed by atoms with Crippen LogP contribution >= 0.6 is 11.6 Å². The monoisotopic (exact) mass is 290 g/mol. The van der Waals surface area contributed by atoms with E-state index >= 15 is 0 Å². The molecule has 0 aliphatic heterocycles. The lowest BCUT2D eigenvalue weighted by atomic mass is 10.2. The fourth-order valence-corrected chi connectivity index (χ4v) is 3.26. The van der Waals surface area contributed by atoms with Crippen molar-refractivity contribution in [1.82, 2.24) is 14.6 Å². The minimum absolute atomic E-state index is 0.567. The van der Waals surface area contributed by atoms with Crippen LogP contribution in [0.15, 0.2) is 12.3 Å². The molecule has 1 N–H and O–H groups in total. The third kappa shape index (κ3) is 2.37. The van der Waals surface area contributed by atoms with Gasteiger partial charge in [0.1, 0.15) is 10.8 Å². The Morgan fingerprint density at radius 1 is 1.25 bits per heavy atom. The Morgan fingerprint density at radius 3 is 2.80 bits per heavy atom. The summed E-state index contributed by atoms with van der Waals surface area (Å²) >= 11 is 6.21. The first-order valence-electron chi connectivity index (χ1n) is 7.59. The standard InChI is InChI=1S/C15H19ClN4/c16-13-9-17-20-14(18-11-3-1-2-4-11)8-12(19-15(13)20)7-10-5-6-10/h8-11,18H,1-7H2. The second-order valence-corrected chi connectivity index (χ2v) is 6.54. The van der Waals surface area contributed by atoms with Gasteiger partial charge < -0.3 is 5.32 Å². The van der Waals surface area contributed by atoms with Gasteiger partial charge in [0, 0.05) is 17.8 Å². The first-order valence-corrected chi connectivity index (χ1v) is 7.97. The number of hydrogen-bond acceptors (Lipinski definition) is 3. The van der Waals surface area contributed by atoms with Gasteiger partial charge in [-0.25, -0.2) is 4.98 Å². The molecule has 2 aliphatic carbocycles. The predicted octanol–water partition coefficient (Wildman–Crippen LogP) is 3.69. The number of anilines is 1. The van der Waals surface area contributed by atoms with E-state index in [1.54, 1.807) is 6.20 Å². The number of fused-ring (bicyclic) bond motifs is 1. The molecule has 2 fully saturated rings. The maximum Gasteiger partial charge on any atom is 0.176 e. The molecule has 4 nitrogen and oxygen atoms in total. The van der Waals surface area contributed by atoms with E-state index in [1.807, 2.05) is 4.52 Å². The highest BCUT2D eigenvalue weighted by Crippen LogP contribution is 2.33. The highest BCUT2D eigenvalue weighted by molar-refractivity contribution is 6.33. The lowest BCUT2D eigenvalue weighted by molar-refractivity contribution is 0.735. The molecule has 2 aromatic rings. The number of rotatable bonds is 4. The van der Waals surface area contributed by atoms with Crippen LogP contribution in [0.1, 0.15) is 44.2 Å². The summed E-state index contributed by atoms with van der Waals surface area (Å²) in [5.74, 6) is 1.87. The van der Waals surface area contributed by atoms with Crippen molar-refractivity contribution in [3.8, 4) is 0 Å². The van der Waals surface area contributed by atoms with Crippen LogP contribution in [0.3, 0.4) is 0 Å². The zero-order valence-corrected chi connectivity index (χ0v) is 12.2. The van der Waals surface area contributed by atoms with Crippen LogP contribution in [0.25, 0.3) is 5.65 Å². The molecule has 2 heterocycles. The summed E-state index contributed by atoms with van der Waals surface area (Å²) in [5, 5.41) is 8.63. The quantitative estimate of drug-likeness (QED) is 0.934. The van der Waals surface area contributed by atoms with Crippen LogP contribution in [-0.2, 0) is 6.42 Å². The SMILES string of the molecule is Clc1cnn2c(NC3CCCC3)cc(CC3CC3)nc12. The molecule has 106 valence electrons. The lowest BCUT2D eigenvalue weighted by Crippen LogP contribution is -2.18. The number of halogens is 1. The molecule has 0 spiro atoms.